The molecule has 3 atom stereocenters. The van der Waals surface area contributed by atoms with Gasteiger partial charge in [0.15, 0.2) is 5.11 Å². The molecule has 4 nitrogen and oxygen atoms in total. The van der Waals surface area contributed by atoms with Crippen LogP contribution >= 0.6 is 24.0 Å². The summed E-state index contributed by atoms with van der Waals surface area (Å²) < 4.78 is 0. The van der Waals surface area contributed by atoms with Crippen LogP contribution < -0.4 is 11.1 Å². The molecule has 0 aromatic carbocycles. The quantitative estimate of drug-likeness (QED) is 0.772. The Balaban J connectivity index is 2.30. The second-order valence-electron chi connectivity index (χ2n) is 5.84. The van der Waals surface area contributed by atoms with Crippen LogP contribution in [0.25, 0.3) is 0 Å². The highest BCUT2D eigenvalue weighted by Gasteiger charge is 2.50. The summed E-state index contributed by atoms with van der Waals surface area (Å²) >= 11 is 7.38. The van der Waals surface area contributed by atoms with Crippen molar-refractivity contribution in [3.05, 3.63) is 0 Å². The standard InChI is InChI=1S/C14H25N3OS2/c1-3-6-14(12(15)18)9-20-8-10-5-7-17(4-2)13(19)16-11(10)14/h10-11H,3-9H2,1-2H3,(H2,15,18)(H,16,19)/t10?,11?,14-/m1/s1. The zero-order valence-corrected chi connectivity index (χ0v) is 14.0. The van der Waals surface area contributed by atoms with E-state index in [0.29, 0.717) is 5.92 Å². The van der Waals surface area contributed by atoms with Gasteiger partial charge in [-0.05, 0) is 43.7 Å². The maximum absolute atomic E-state index is 12.2. The van der Waals surface area contributed by atoms with Crippen molar-refractivity contribution in [1.82, 2.24) is 10.2 Å². The van der Waals surface area contributed by atoms with Crippen molar-refractivity contribution in [2.75, 3.05) is 24.6 Å². The molecule has 114 valence electrons. The number of nitrogens with two attached hydrogens (primary N) is 1. The molecule has 0 saturated carbocycles. The Labute approximate surface area is 131 Å². The molecule has 0 aromatic heterocycles. The molecule has 0 aliphatic carbocycles. The summed E-state index contributed by atoms with van der Waals surface area (Å²) in [6.45, 7) is 6.12. The van der Waals surface area contributed by atoms with Crippen LogP contribution in [-0.4, -0.2) is 46.6 Å². The van der Waals surface area contributed by atoms with Gasteiger partial charge in [-0.2, -0.15) is 11.8 Å². The fourth-order valence-corrected chi connectivity index (χ4v) is 5.46. The SMILES string of the molecule is CCC[C@@]1(C(N)=O)CSCC2CCN(CC)C(=S)NC21. The molecule has 2 rings (SSSR count). The molecular formula is C14H25N3OS2. The number of hydrogen-bond donors (Lipinski definition) is 2. The van der Waals surface area contributed by atoms with E-state index in [1.54, 1.807) is 0 Å². The number of carbonyl (C=O) groups excluding carboxylic acids is 1. The van der Waals surface area contributed by atoms with Crippen LogP contribution in [0.5, 0.6) is 0 Å². The van der Waals surface area contributed by atoms with Gasteiger partial charge in [-0.15, -0.1) is 0 Å². The summed E-state index contributed by atoms with van der Waals surface area (Å²) in [5, 5.41) is 4.27. The second kappa shape index (κ2) is 6.52. The number of thioether (sulfide) groups is 1. The molecule has 2 saturated heterocycles. The monoisotopic (exact) mass is 315 g/mol. The third-order valence-electron chi connectivity index (χ3n) is 4.66. The minimum absolute atomic E-state index is 0.102. The van der Waals surface area contributed by atoms with Gasteiger partial charge < -0.3 is 16.0 Å². The number of amides is 1. The molecule has 6 heteroatoms. The molecule has 0 spiro atoms. The number of nitrogens with zero attached hydrogens (tertiary/aromatic N) is 1. The molecule has 2 unspecified atom stereocenters. The first kappa shape index (κ1) is 15.9. The van der Waals surface area contributed by atoms with Gasteiger partial charge in [0.1, 0.15) is 0 Å². The molecule has 2 heterocycles. The predicted molar refractivity (Wildman–Crippen MR) is 88.7 cm³/mol. The summed E-state index contributed by atoms with van der Waals surface area (Å²) in [5.41, 5.74) is 5.36. The molecule has 2 aliphatic heterocycles. The molecule has 3 N–H and O–H groups in total. The van der Waals surface area contributed by atoms with Crippen LogP contribution in [-0.2, 0) is 4.79 Å². The predicted octanol–water partition coefficient (Wildman–Crippen LogP) is 1.59. The summed E-state index contributed by atoms with van der Waals surface area (Å²) in [6.07, 6.45) is 2.90. The lowest BCUT2D eigenvalue weighted by Crippen LogP contribution is -2.61. The van der Waals surface area contributed by atoms with Crippen molar-refractivity contribution in [2.45, 2.75) is 39.2 Å². The van der Waals surface area contributed by atoms with Crippen LogP contribution in [0.1, 0.15) is 33.1 Å². The molecule has 2 aliphatic rings. The van der Waals surface area contributed by atoms with E-state index in [1.807, 2.05) is 11.8 Å². The first-order valence-corrected chi connectivity index (χ1v) is 9.04. The molecule has 20 heavy (non-hydrogen) atoms. The van der Waals surface area contributed by atoms with Gasteiger partial charge in [-0.1, -0.05) is 13.3 Å². The van der Waals surface area contributed by atoms with Gasteiger partial charge in [0, 0.05) is 24.9 Å². The molecular weight excluding hydrogens is 290 g/mol. The van der Waals surface area contributed by atoms with E-state index in [0.717, 1.165) is 49.0 Å². The maximum atomic E-state index is 12.2. The van der Waals surface area contributed by atoms with E-state index in [1.165, 1.54) is 0 Å². The Bertz CT molecular complexity index is 387. The highest BCUT2D eigenvalue weighted by Crippen LogP contribution is 2.43. The smallest absolute Gasteiger partial charge is 0.226 e. The van der Waals surface area contributed by atoms with E-state index < -0.39 is 5.41 Å². The van der Waals surface area contributed by atoms with Crippen LogP contribution in [0.2, 0.25) is 0 Å². The second-order valence-corrected chi connectivity index (χ2v) is 7.26. The highest BCUT2D eigenvalue weighted by atomic mass is 32.2. The van der Waals surface area contributed by atoms with E-state index in [9.17, 15) is 4.79 Å². The van der Waals surface area contributed by atoms with Crippen LogP contribution in [0.4, 0.5) is 0 Å². The van der Waals surface area contributed by atoms with E-state index in [-0.39, 0.29) is 11.9 Å². The molecule has 2 fully saturated rings. The van der Waals surface area contributed by atoms with E-state index in [2.05, 4.69) is 24.1 Å². The largest absolute Gasteiger partial charge is 0.369 e. The zero-order valence-electron chi connectivity index (χ0n) is 12.4. The van der Waals surface area contributed by atoms with Gasteiger partial charge >= 0.3 is 0 Å². The topological polar surface area (TPSA) is 58.4 Å². The van der Waals surface area contributed by atoms with Gasteiger partial charge in [-0.3, -0.25) is 4.79 Å². The van der Waals surface area contributed by atoms with Crippen LogP contribution in [0, 0.1) is 11.3 Å². The molecule has 1 amide bonds. The Morgan fingerprint density at radius 2 is 2.35 bits per heavy atom. The first-order valence-electron chi connectivity index (χ1n) is 7.48. The molecule has 0 bridgehead atoms. The number of primary amides is 1. The Hall–Kier alpha value is -0.490. The summed E-state index contributed by atoms with van der Waals surface area (Å²) in [4.78, 5) is 14.4. The minimum Gasteiger partial charge on any atom is -0.369 e. The van der Waals surface area contributed by atoms with Gasteiger partial charge in [0.05, 0.1) is 5.41 Å². The number of carbonyl (C=O) groups is 1. The van der Waals surface area contributed by atoms with Crippen molar-refractivity contribution < 1.29 is 4.79 Å². The summed E-state index contributed by atoms with van der Waals surface area (Å²) in [5.74, 6) is 2.22. The first-order chi connectivity index (χ1) is 9.55. The highest BCUT2D eigenvalue weighted by molar-refractivity contribution is 7.99. The van der Waals surface area contributed by atoms with Crippen molar-refractivity contribution in [2.24, 2.45) is 17.1 Å². The third-order valence-corrected chi connectivity index (χ3v) is 6.42. The van der Waals surface area contributed by atoms with Crippen LogP contribution in [0.15, 0.2) is 0 Å². The number of nitrogens with one attached hydrogen (secondary N) is 1. The number of thiocarbonyl (C=S) groups is 1. The Kier molecular flexibility index (Phi) is 5.18. The van der Waals surface area contributed by atoms with Crippen molar-refractivity contribution in [1.29, 1.82) is 0 Å². The average Bonchev–Trinajstić information content (AvgIpc) is 2.58. The molecule has 0 radical (unpaired) electrons. The van der Waals surface area contributed by atoms with Crippen molar-refractivity contribution in [3.8, 4) is 0 Å². The van der Waals surface area contributed by atoms with Crippen molar-refractivity contribution >= 4 is 35.0 Å². The number of rotatable bonds is 4. The lowest BCUT2D eigenvalue weighted by atomic mass is 9.71. The fourth-order valence-electron chi connectivity index (χ4n) is 3.51. The van der Waals surface area contributed by atoms with Gasteiger partial charge in [-0.25, -0.2) is 0 Å². The normalized spacial score (nSPS) is 34.1. The Morgan fingerprint density at radius 1 is 1.60 bits per heavy atom. The van der Waals surface area contributed by atoms with Crippen molar-refractivity contribution in [3.63, 3.8) is 0 Å². The lowest BCUT2D eigenvalue weighted by Gasteiger charge is -2.45. The third kappa shape index (κ3) is 2.77. The van der Waals surface area contributed by atoms with E-state index >= 15 is 0 Å². The maximum Gasteiger partial charge on any atom is 0.226 e. The number of hydrogen-bond acceptors (Lipinski definition) is 3. The van der Waals surface area contributed by atoms with Gasteiger partial charge in [0.25, 0.3) is 0 Å². The summed E-state index contributed by atoms with van der Waals surface area (Å²) in [6, 6.07) is 0.102. The number of fused-ring (bicyclic) bond motifs is 1. The zero-order chi connectivity index (χ0) is 14.8. The van der Waals surface area contributed by atoms with Crippen LogP contribution in [0.3, 0.4) is 0 Å². The molecule has 0 aromatic rings. The van der Waals surface area contributed by atoms with E-state index in [4.69, 9.17) is 18.0 Å². The average molecular weight is 316 g/mol. The minimum atomic E-state index is -0.448. The van der Waals surface area contributed by atoms with Gasteiger partial charge in [0.2, 0.25) is 5.91 Å². The lowest BCUT2D eigenvalue weighted by molar-refractivity contribution is -0.129. The Morgan fingerprint density at radius 3 is 2.95 bits per heavy atom. The summed E-state index contributed by atoms with van der Waals surface area (Å²) in [7, 11) is 0. The fraction of sp³-hybridized carbons (Fsp3) is 0.857.